The molecule has 0 fully saturated rings. The topological polar surface area (TPSA) is 29.9 Å². The summed E-state index contributed by atoms with van der Waals surface area (Å²) in [5.74, 6) is 0. The minimum atomic E-state index is 0.821. The van der Waals surface area contributed by atoms with Crippen LogP contribution in [0.3, 0.4) is 0 Å². The summed E-state index contributed by atoms with van der Waals surface area (Å²) in [6.45, 7) is 6.88. The smallest absolute Gasteiger partial charge is 0.0762 e. The molecule has 17 heavy (non-hydrogen) atoms. The third-order valence-corrected chi connectivity index (χ3v) is 2.90. The third kappa shape index (κ3) is 3.17. The molecule has 0 unspecified atom stereocenters. The van der Waals surface area contributed by atoms with Crippen LogP contribution in [0.1, 0.15) is 23.7 Å². The highest BCUT2D eigenvalue weighted by molar-refractivity contribution is 5.25. The highest BCUT2D eigenvalue weighted by atomic mass is 15.3. The van der Waals surface area contributed by atoms with E-state index in [1.807, 2.05) is 10.9 Å². The Morgan fingerprint density at radius 1 is 1.18 bits per heavy atom. The lowest BCUT2D eigenvalue weighted by Crippen LogP contribution is -2.14. The SMILES string of the molecule is CCn1ccc(CNCc2ccccc2C)n1. The van der Waals surface area contributed by atoms with Gasteiger partial charge in [-0.1, -0.05) is 24.3 Å². The first-order valence-electron chi connectivity index (χ1n) is 6.07. The zero-order valence-electron chi connectivity index (χ0n) is 10.5. The van der Waals surface area contributed by atoms with Gasteiger partial charge in [0, 0.05) is 25.8 Å². The fourth-order valence-electron chi connectivity index (χ4n) is 1.81. The molecule has 0 saturated heterocycles. The van der Waals surface area contributed by atoms with E-state index in [4.69, 9.17) is 0 Å². The van der Waals surface area contributed by atoms with Gasteiger partial charge in [-0.05, 0) is 31.0 Å². The maximum absolute atomic E-state index is 4.44. The fraction of sp³-hybridized carbons (Fsp3) is 0.357. The molecule has 1 aromatic heterocycles. The summed E-state index contributed by atoms with van der Waals surface area (Å²) in [6.07, 6.45) is 2.02. The molecule has 1 aromatic carbocycles. The Balaban J connectivity index is 1.85. The van der Waals surface area contributed by atoms with Crippen molar-refractivity contribution in [3.63, 3.8) is 0 Å². The first-order chi connectivity index (χ1) is 8.29. The van der Waals surface area contributed by atoms with Crippen LogP contribution in [0.5, 0.6) is 0 Å². The van der Waals surface area contributed by atoms with E-state index < -0.39 is 0 Å². The summed E-state index contributed by atoms with van der Waals surface area (Å²) in [5.41, 5.74) is 3.78. The number of nitrogens with zero attached hydrogens (tertiary/aromatic N) is 2. The Hall–Kier alpha value is -1.61. The highest BCUT2D eigenvalue weighted by Gasteiger charge is 1.99. The predicted molar refractivity (Wildman–Crippen MR) is 69.6 cm³/mol. The molecule has 0 saturated carbocycles. The van der Waals surface area contributed by atoms with Crippen molar-refractivity contribution in [1.82, 2.24) is 15.1 Å². The summed E-state index contributed by atoms with van der Waals surface area (Å²) in [4.78, 5) is 0. The Morgan fingerprint density at radius 2 is 2.00 bits per heavy atom. The molecule has 0 aliphatic rings. The molecule has 0 aliphatic heterocycles. The van der Waals surface area contributed by atoms with Crippen LogP contribution in [-0.4, -0.2) is 9.78 Å². The Labute approximate surface area is 102 Å². The van der Waals surface area contributed by atoms with Crippen LogP contribution in [0, 0.1) is 6.92 Å². The van der Waals surface area contributed by atoms with Crippen molar-refractivity contribution >= 4 is 0 Å². The molecule has 2 rings (SSSR count). The molecule has 1 N–H and O–H groups in total. The normalized spacial score (nSPS) is 10.7. The second-order valence-electron chi connectivity index (χ2n) is 4.19. The van der Waals surface area contributed by atoms with E-state index in [0.717, 1.165) is 25.3 Å². The number of aryl methyl sites for hydroxylation is 2. The van der Waals surface area contributed by atoms with Crippen LogP contribution in [0.2, 0.25) is 0 Å². The molecule has 90 valence electrons. The van der Waals surface area contributed by atoms with E-state index in [1.165, 1.54) is 11.1 Å². The second-order valence-corrected chi connectivity index (χ2v) is 4.19. The molecule has 1 heterocycles. The predicted octanol–water partition coefficient (Wildman–Crippen LogP) is 2.50. The van der Waals surface area contributed by atoms with Gasteiger partial charge in [0.05, 0.1) is 5.69 Å². The van der Waals surface area contributed by atoms with Crippen molar-refractivity contribution in [1.29, 1.82) is 0 Å². The van der Waals surface area contributed by atoms with Gasteiger partial charge < -0.3 is 5.32 Å². The van der Waals surface area contributed by atoms with Crippen molar-refractivity contribution < 1.29 is 0 Å². The number of aromatic nitrogens is 2. The number of hydrogen-bond donors (Lipinski definition) is 1. The van der Waals surface area contributed by atoms with Crippen molar-refractivity contribution in [2.24, 2.45) is 0 Å². The minimum absolute atomic E-state index is 0.821. The van der Waals surface area contributed by atoms with Gasteiger partial charge in [0.25, 0.3) is 0 Å². The minimum Gasteiger partial charge on any atom is -0.307 e. The number of rotatable bonds is 5. The van der Waals surface area contributed by atoms with E-state index in [0.29, 0.717) is 0 Å². The molecule has 0 bridgehead atoms. The molecule has 3 heteroatoms. The van der Waals surface area contributed by atoms with Crippen LogP contribution < -0.4 is 5.32 Å². The van der Waals surface area contributed by atoms with E-state index in [2.05, 4.69) is 54.6 Å². The molecular formula is C14H19N3. The van der Waals surface area contributed by atoms with E-state index in [9.17, 15) is 0 Å². The van der Waals surface area contributed by atoms with Crippen molar-refractivity contribution in [3.8, 4) is 0 Å². The zero-order chi connectivity index (χ0) is 12.1. The summed E-state index contributed by atoms with van der Waals surface area (Å²) >= 11 is 0. The lowest BCUT2D eigenvalue weighted by molar-refractivity contribution is 0.619. The summed E-state index contributed by atoms with van der Waals surface area (Å²) in [5, 5.41) is 7.86. The monoisotopic (exact) mass is 229 g/mol. The van der Waals surface area contributed by atoms with E-state index in [1.54, 1.807) is 0 Å². The van der Waals surface area contributed by atoms with Gasteiger partial charge in [-0.3, -0.25) is 4.68 Å². The summed E-state index contributed by atoms with van der Waals surface area (Å²) in [6, 6.07) is 10.5. The highest BCUT2D eigenvalue weighted by Crippen LogP contribution is 2.06. The Morgan fingerprint density at radius 3 is 2.71 bits per heavy atom. The molecule has 3 nitrogen and oxygen atoms in total. The second kappa shape index (κ2) is 5.64. The van der Waals surface area contributed by atoms with Gasteiger partial charge in [-0.15, -0.1) is 0 Å². The summed E-state index contributed by atoms with van der Waals surface area (Å²) in [7, 11) is 0. The molecular weight excluding hydrogens is 210 g/mol. The molecule has 0 atom stereocenters. The Kier molecular flexibility index (Phi) is 3.94. The van der Waals surface area contributed by atoms with E-state index >= 15 is 0 Å². The van der Waals surface area contributed by atoms with Gasteiger partial charge in [-0.2, -0.15) is 5.10 Å². The lowest BCUT2D eigenvalue weighted by Gasteiger charge is -2.06. The maximum atomic E-state index is 4.44. The molecule has 2 aromatic rings. The number of hydrogen-bond acceptors (Lipinski definition) is 2. The van der Waals surface area contributed by atoms with Crippen molar-refractivity contribution in [3.05, 3.63) is 53.3 Å². The fourth-order valence-corrected chi connectivity index (χ4v) is 1.81. The molecule has 0 aliphatic carbocycles. The molecule has 0 radical (unpaired) electrons. The van der Waals surface area contributed by atoms with Gasteiger partial charge in [0.1, 0.15) is 0 Å². The van der Waals surface area contributed by atoms with Crippen molar-refractivity contribution in [2.75, 3.05) is 0 Å². The zero-order valence-corrected chi connectivity index (χ0v) is 10.5. The van der Waals surface area contributed by atoms with Crippen LogP contribution in [0.25, 0.3) is 0 Å². The van der Waals surface area contributed by atoms with Crippen LogP contribution in [0.15, 0.2) is 36.5 Å². The Bertz CT molecular complexity index is 474. The van der Waals surface area contributed by atoms with Crippen LogP contribution in [0.4, 0.5) is 0 Å². The quantitative estimate of drug-likeness (QED) is 0.853. The largest absolute Gasteiger partial charge is 0.307 e. The third-order valence-electron chi connectivity index (χ3n) is 2.90. The average molecular weight is 229 g/mol. The van der Waals surface area contributed by atoms with Crippen LogP contribution >= 0.6 is 0 Å². The van der Waals surface area contributed by atoms with Gasteiger partial charge >= 0.3 is 0 Å². The van der Waals surface area contributed by atoms with Gasteiger partial charge in [-0.25, -0.2) is 0 Å². The number of benzene rings is 1. The van der Waals surface area contributed by atoms with E-state index in [-0.39, 0.29) is 0 Å². The van der Waals surface area contributed by atoms with Gasteiger partial charge in [0.2, 0.25) is 0 Å². The first kappa shape index (κ1) is 11.9. The first-order valence-corrected chi connectivity index (χ1v) is 6.07. The van der Waals surface area contributed by atoms with Crippen LogP contribution in [-0.2, 0) is 19.6 Å². The average Bonchev–Trinajstić information content (AvgIpc) is 2.80. The maximum Gasteiger partial charge on any atom is 0.0762 e. The van der Waals surface area contributed by atoms with Gasteiger partial charge in [0.15, 0.2) is 0 Å². The molecule has 0 amide bonds. The standard InChI is InChI=1S/C14H19N3/c1-3-17-9-8-14(16-17)11-15-10-13-7-5-4-6-12(13)2/h4-9,15H,3,10-11H2,1-2H3. The molecule has 0 spiro atoms. The number of nitrogens with one attached hydrogen (secondary N) is 1. The lowest BCUT2D eigenvalue weighted by atomic mass is 10.1. The van der Waals surface area contributed by atoms with Crippen molar-refractivity contribution in [2.45, 2.75) is 33.5 Å². The summed E-state index contributed by atoms with van der Waals surface area (Å²) < 4.78 is 1.95.